The van der Waals surface area contributed by atoms with Gasteiger partial charge in [-0.15, -0.1) is 0 Å². The predicted molar refractivity (Wildman–Crippen MR) is 104 cm³/mol. The van der Waals surface area contributed by atoms with Crippen molar-refractivity contribution in [1.82, 2.24) is 0 Å². The zero-order chi connectivity index (χ0) is 20.0. The zero-order valence-electron chi connectivity index (χ0n) is 14.8. The van der Waals surface area contributed by atoms with Crippen molar-refractivity contribution < 1.29 is 13.3 Å². The summed E-state index contributed by atoms with van der Waals surface area (Å²) in [6.45, 7) is 4.49. The summed E-state index contributed by atoms with van der Waals surface area (Å²) in [5.41, 5.74) is -0.187. The van der Waals surface area contributed by atoms with Gasteiger partial charge < -0.3 is 0 Å². The summed E-state index contributed by atoms with van der Waals surface area (Å²) in [5.74, 6) is 0.422. The largest absolute Gasteiger partial charge is 0.278 e. The third kappa shape index (κ3) is 5.73. The van der Waals surface area contributed by atoms with E-state index in [9.17, 15) is 18.5 Å². The minimum atomic E-state index is -4.17. The van der Waals surface area contributed by atoms with Crippen molar-refractivity contribution in [3.63, 3.8) is 0 Å². The molecule has 0 amide bonds. The van der Waals surface area contributed by atoms with Gasteiger partial charge >= 0.3 is 0 Å². The zero-order valence-corrected chi connectivity index (χ0v) is 16.4. The van der Waals surface area contributed by atoms with E-state index in [1.807, 2.05) is 13.8 Å². The molecule has 0 spiro atoms. The maximum atomic E-state index is 12.8. The van der Waals surface area contributed by atoms with E-state index in [0.29, 0.717) is 12.5 Å². The second-order valence-corrected chi connectivity index (χ2v) is 8.20. The first-order valence-corrected chi connectivity index (χ1v) is 10.00. The fourth-order valence-electron chi connectivity index (χ4n) is 2.10. The molecule has 0 atom stereocenters. The van der Waals surface area contributed by atoms with E-state index in [2.05, 4.69) is 15.0 Å². The van der Waals surface area contributed by atoms with E-state index >= 15 is 0 Å². The molecule has 2 aromatic rings. The third-order valence-electron chi connectivity index (χ3n) is 3.55. The SMILES string of the molecule is CC(C)CCN=Nc1ccc([N+](=O)[O-])cc1S(=O)(=O)Nc1ccccc1Cl. The van der Waals surface area contributed by atoms with Crippen molar-refractivity contribution >= 4 is 38.7 Å². The van der Waals surface area contributed by atoms with Crippen molar-refractivity contribution in [3.05, 3.63) is 57.6 Å². The number of sulfonamides is 1. The number of nitrogens with one attached hydrogen (secondary N) is 1. The Hall–Kier alpha value is -2.52. The highest BCUT2D eigenvalue weighted by atomic mass is 35.5. The Morgan fingerprint density at radius 2 is 1.93 bits per heavy atom. The molecule has 2 rings (SSSR count). The summed E-state index contributed by atoms with van der Waals surface area (Å²) in [5, 5.41) is 19.2. The maximum Gasteiger partial charge on any atom is 0.270 e. The van der Waals surface area contributed by atoms with E-state index < -0.39 is 14.9 Å². The van der Waals surface area contributed by atoms with E-state index in [1.165, 1.54) is 24.3 Å². The van der Waals surface area contributed by atoms with Crippen LogP contribution in [0.2, 0.25) is 5.02 Å². The average molecular weight is 411 g/mol. The number of nitro groups is 1. The molecule has 0 aliphatic heterocycles. The summed E-state index contributed by atoms with van der Waals surface area (Å²) in [4.78, 5) is 10.0. The lowest BCUT2D eigenvalue weighted by atomic mass is 10.1. The van der Waals surface area contributed by atoms with Gasteiger partial charge in [0.15, 0.2) is 0 Å². The Kier molecular flexibility index (Phi) is 6.86. The van der Waals surface area contributed by atoms with Crippen molar-refractivity contribution in [2.24, 2.45) is 16.1 Å². The van der Waals surface area contributed by atoms with Gasteiger partial charge in [-0.05, 0) is 30.5 Å². The highest BCUT2D eigenvalue weighted by Gasteiger charge is 2.23. The van der Waals surface area contributed by atoms with Crippen molar-refractivity contribution in [1.29, 1.82) is 0 Å². The van der Waals surface area contributed by atoms with Gasteiger partial charge in [-0.25, -0.2) is 8.42 Å². The molecule has 0 fully saturated rings. The van der Waals surface area contributed by atoms with E-state index in [1.54, 1.807) is 12.1 Å². The van der Waals surface area contributed by atoms with Crippen LogP contribution in [0.3, 0.4) is 0 Å². The van der Waals surface area contributed by atoms with Gasteiger partial charge in [0.2, 0.25) is 0 Å². The average Bonchev–Trinajstić information content (AvgIpc) is 2.60. The standard InChI is InChI=1S/C17H19ClN4O4S/c1-12(2)9-10-19-20-16-8-7-13(22(23)24)11-17(16)27(25,26)21-15-6-4-3-5-14(15)18/h3-8,11-12,21H,9-10H2,1-2H3. The van der Waals surface area contributed by atoms with Crippen LogP contribution in [0, 0.1) is 16.0 Å². The number of halogens is 1. The molecule has 0 heterocycles. The molecule has 1 N–H and O–H groups in total. The summed E-state index contributed by atoms with van der Waals surface area (Å²) in [7, 11) is -4.17. The van der Waals surface area contributed by atoms with Crippen LogP contribution in [0.1, 0.15) is 20.3 Å². The smallest absolute Gasteiger partial charge is 0.270 e. The first-order chi connectivity index (χ1) is 12.7. The van der Waals surface area contributed by atoms with E-state index in [-0.39, 0.29) is 27.0 Å². The number of rotatable bonds is 8. The van der Waals surface area contributed by atoms with Crippen LogP contribution in [0.4, 0.5) is 17.1 Å². The quantitative estimate of drug-likeness (QED) is 0.366. The van der Waals surface area contributed by atoms with E-state index in [4.69, 9.17) is 11.6 Å². The second-order valence-electron chi connectivity index (χ2n) is 6.14. The predicted octanol–water partition coefficient (Wildman–Crippen LogP) is 5.18. The van der Waals surface area contributed by atoms with Crippen LogP contribution in [0.15, 0.2) is 57.6 Å². The first-order valence-electron chi connectivity index (χ1n) is 8.14. The number of anilines is 1. The lowest BCUT2D eigenvalue weighted by molar-refractivity contribution is -0.385. The Morgan fingerprint density at radius 1 is 1.22 bits per heavy atom. The topological polar surface area (TPSA) is 114 Å². The van der Waals surface area contributed by atoms with Crippen molar-refractivity contribution in [2.45, 2.75) is 25.2 Å². The van der Waals surface area contributed by atoms with Crippen molar-refractivity contribution in [2.75, 3.05) is 11.3 Å². The van der Waals surface area contributed by atoms with Crippen LogP contribution in [-0.4, -0.2) is 19.9 Å². The number of benzene rings is 2. The molecular formula is C17H19ClN4O4S. The second kappa shape index (κ2) is 8.92. The minimum absolute atomic E-state index is 0.0175. The van der Waals surface area contributed by atoms with Crippen molar-refractivity contribution in [3.8, 4) is 0 Å². The monoisotopic (exact) mass is 410 g/mol. The Balaban J connectivity index is 2.43. The van der Waals surface area contributed by atoms with Gasteiger partial charge in [0.05, 0.1) is 22.2 Å². The fraction of sp³-hybridized carbons (Fsp3) is 0.294. The highest BCUT2D eigenvalue weighted by molar-refractivity contribution is 7.92. The highest BCUT2D eigenvalue weighted by Crippen LogP contribution is 2.32. The number of azo groups is 1. The lowest BCUT2D eigenvalue weighted by Gasteiger charge is -2.11. The number of nitrogens with zero attached hydrogens (tertiary/aromatic N) is 3. The van der Waals surface area contributed by atoms with Gasteiger partial charge in [-0.1, -0.05) is 37.6 Å². The van der Waals surface area contributed by atoms with E-state index in [0.717, 1.165) is 12.5 Å². The molecule has 0 unspecified atom stereocenters. The van der Waals surface area contributed by atoms with Gasteiger partial charge in [-0.2, -0.15) is 10.2 Å². The molecule has 2 aromatic carbocycles. The molecule has 144 valence electrons. The van der Waals surface area contributed by atoms with Crippen LogP contribution >= 0.6 is 11.6 Å². The van der Waals surface area contributed by atoms with Gasteiger partial charge in [0.1, 0.15) is 10.6 Å². The van der Waals surface area contributed by atoms with Crippen LogP contribution in [0.25, 0.3) is 0 Å². The molecule has 27 heavy (non-hydrogen) atoms. The number of non-ortho nitro benzene ring substituents is 1. The van der Waals surface area contributed by atoms with Crippen LogP contribution in [0.5, 0.6) is 0 Å². The number of para-hydroxylation sites is 1. The number of hydrogen-bond acceptors (Lipinski definition) is 6. The lowest BCUT2D eigenvalue weighted by Crippen LogP contribution is -2.13. The number of nitro benzene ring substituents is 1. The molecule has 0 saturated heterocycles. The molecule has 8 nitrogen and oxygen atoms in total. The minimum Gasteiger partial charge on any atom is -0.278 e. The molecule has 0 radical (unpaired) electrons. The van der Waals surface area contributed by atoms with Crippen LogP contribution < -0.4 is 4.72 Å². The summed E-state index contributed by atoms with van der Waals surface area (Å²) < 4.78 is 27.9. The molecule has 0 aliphatic rings. The Labute approximate surface area is 162 Å². The molecule has 0 saturated carbocycles. The molecule has 10 heteroatoms. The molecule has 0 bridgehead atoms. The maximum absolute atomic E-state index is 12.8. The normalized spacial score (nSPS) is 11.9. The number of hydrogen-bond donors (Lipinski definition) is 1. The molecule has 0 aromatic heterocycles. The van der Waals surface area contributed by atoms with Gasteiger partial charge in [0, 0.05) is 12.1 Å². The third-order valence-corrected chi connectivity index (χ3v) is 5.27. The molecular weight excluding hydrogens is 392 g/mol. The fourth-order valence-corrected chi connectivity index (χ4v) is 3.58. The first kappa shape index (κ1) is 20.8. The molecule has 0 aliphatic carbocycles. The summed E-state index contributed by atoms with van der Waals surface area (Å²) in [6.07, 6.45) is 0.788. The Morgan fingerprint density at radius 3 is 2.56 bits per heavy atom. The van der Waals surface area contributed by atoms with Crippen LogP contribution in [-0.2, 0) is 10.0 Å². The summed E-state index contributed by atoms with van der Waals surface area (Å²) in [6, 6.07) is 9.69. The summed E-state index contributed by atoms with van der Waals surface area (Å²) >= 11 is 5.99. The van der Waals surface area contributed by atoms with Gasteiger partial charge in [0.25, 0.3) is 15.7 Å². The van der Waals surface area contributed by atoms with Gasteiger partial charge in [-0.3, -0.25) is 14.8 Å². The Bertz CT molecular complexity index is 961.